The molecular weight excluding hydrogens is 204 g/mol. The average Bonchev–Trinajstić information content (AvgIpc) is 3.01. The molecule has 3 heteroatoms. The lowest BCUT2D eigenvalue weighted by atomic mass is 10.0. The first-order valence-corrected chi connectivity index (χ1v) is 5.62. The molecule has 0 amide bonds. The van der Waals surface area contributed by atoms with Crippen LogP contribution in [0.5, 0.6) is 5.75 Å². The number of aromatic carboxylic acids is 1. The molecule has 0 saturated heterocycles. The molecule has 0 unspecified atom stereocenters. The highest BCUT2D eigenvalue weighted by Crippen LogP contribution is 2.31. The summed E-state index contributed by atoms with van der Waals surface area (Å²) < 4.78 is 5.57. The zero-order valence-electron chi connectivity index (χ0n) is 9.56. The minimum Gasteiger partial charge on any atom is -0.490 e. The summed E-state index contributed by atoms with van der Waals surface area (Å²) in [6.45, 7) is 4.09. The van der Waals surface area contributed by atoms with Crippen molar-refractivity contribution in [2.45, 2.75) is 38.7 Å². The van der Waals surface area contributed by atoms with Crippen LogP contribution in [0.1, 0.15) is 48.5 Å². The van der Waals surface area contributed by atoms with Gasteiger partial charge in [-0.1, -0.05) is 19.9 Å². The van der Waals surface area contributed by atoms with Crippen LogP contribution >= 0.6 is 0 Å². The van der Waals surface area contributed by atoms with Gasteiger partial charge in [-0.25, -0.2) is 4.79 Å². The Morgan fingerprint density at radius 1 is 1.44 bits per heavy atom. The summed E-state index contributed by atoms with van der Waals surface area (Å²) in [5.74, 6) is -0.0920. The topological polar surface area (TPSA) is 46.5 Å². The van der Waals surface area contributed by atoms with Crippen molar-refractivity contribution in [3.05, 3.63) is 29.3 Å². The molecule has 0 aromatic heterocycles. The van der Waals surface area contributed by atoms with Crippen LogP contribution in [-0.2, 0) is 0 Å². The molecule has 1 aromatic carbocycles. The molecule has 3 nitrogen and oxygen atoms in total. The molecule has 0 aliphatic heterocycles. The van der Waals surface area contributed by atoms with Gasteiger partial charge in [-0.15, -0.1) is 0 Å². The van der Waals surface area contributed by atoms with Crippen molar-refractivity contribution in [2.24, 2.45) is 0 Å². The predicted octanol–water partition coefficient (Wildman–Crippen LogP) is 3.05. The zero-order valence-corrected chi connectivity index (χ0v) is 9.56. The predicted molar refractivity (Wildman–Crippen MR) is 61.1 cm³/mol. The second-order valence-electron chi connectivity index (χ2n) is 4.53. The fourth-order valence-electron chi connectivity index (χ4n) is 1.54. The van der Waals surface area contributed by atoms with Crippen LogP contribution in [0.2, 0.25) is 0 Å². The highest BCUT2D eigenvalue weighted by atomic mass is 16.5. The summed E-state index contributed by atoms with van der Waals surface area (Å²) in [7, 11) is 0. The molecule has 0 radical (unpaired) electrons. The summed E-state index contributed by atoms with van der Waals surface area (Å²) in [5.41, 5.74) is 1.30. The number of hydrogen-bond donors (Lipinski definition) is 1. The van der Waals surface area contributed by atoms with Gasteiger partial charge in [-0.2, -0.15) is 0 Å². The highest BCUT2D eigenvalue weighted by molar-refractivity contribution is 5.91. The van der Waals surface area contributed by atoms with Crippen LogP contribution in [0.25, 0.3) is 0 Å². The van der Waals surface area contributed by atoms with Gasteiger partial charge in [0.1, 0.15) is 11.3 Å². The van der Waals surface area contributed by atoms with Gasteiger partial charge in [-0.3, -0.25) is 0 Å². The number of ether oxygens (including phenoxy) is 1. The van der Waals surface area contributed by atoms with Crippen LogP contribution in [-0.4, -0.2) is 17.2 Å². The third kappa shape index (κ3) is 2.35. The fourth-order valence-corrected chi connectivity index (χ4v) is 1.54. The van der Waals surface area contributed by atoms with Crippen molar-refractivity contribution in [1.82, 2.24) is 0 Å². The van der Waals surface area contributed by atoms with E-state index in [0.29, 0.717) is 11.7 Å². The average molecular weight is 220 g/mol. The Kier molecular flexibility index (Phi) is 2.86. The van der Waals surface area contributed by atoms with E-state index in [1.165, 1.54) is 0 Å². The Hall–Kier alpha value is -1.51. The summed E-state index contributed by atoms with van der Waals surface area (Å²) in [4.78, 5) is 11.1. The molecule has 86 valence electrons. The van der Waals surface area contributed by atoms with Gasteiger partial charge in [0.2, 0.25) is 0 Å². The first-order chi connectivity index (χ1) is 7.58. The van der Waals surface area contributed by atoms with Crippen molar-refractivity contribution in [2.75, 3.05) is 0 Å². The summed E-state index contributed by atoms with van der Waals surface area (Å²) >= 11 is 0. The number of carboxylic acids is 1. The maximum Gasteiger partial charge on any atom is 0.339 e. The Balaban J connectivity index is 2.32. The largest absolute Gasteiger partial charge is 0.490 e. The first-order valence-electron chi connectivity index (χ1n) is 5.62. The van der Waals surface area contributed by atoms with E-state index in [1.54, 1.807) is 12.1 Å². The Labute approximate surface area is 95.0 Å². The summed E-state index contributed by atoms with van der Waals surface area (Å²) in [5, 5.41) is 9.13. The molecule has 1 aliphatic rings. The lowest BCUT2D eigenvalue weighted by Gasteiger charge is -2.11. The Morgan fingerprint density at radius 3 is 2.62 bits per heavy atom. The van der Waals surface area contributed by atoms with Crippen molar-refractivity contribution < 1.29 is 14.6 Å². The lowest BCUT2D eigenvalue weighted by molar-refractivity contribution is 0.0692. The standard InChI is InChI=1S/C13H16O3/c1-8(2)9-3-6-12(16-10-4-5-10)11(7-9)13(14)15/h3,6-8,10H,4-5H2,1-2H3,(H,14,15). The number of benzene rings is 1. The van der Waals surface area contributed by atoms with Crippen molar-refractivity contribution in [3.8, 4) is 5.75 Å². The maximum absolute atomic E-state index is 11.1. The van der Waals surface area contributed by atoms with E-state index in [-0.39, 0.29) is 11.7 Å². The van der Waals surface area contributed by atoms with Crippen LogP contribution in [0.3, 0.4) is 0 Å². The molecule has 0 atom stereocenters. The van der Waals surface area contributed by atoms with E-state index in [4.69, 9.17) is 9.84 Å². The molecular formula is C13H16O3. The first kappa shape index (κ1) is 11.0. The van der Waals surface area contributed by atoms with E-state index in [2.05, 4.69) is 0 Å². The molecule has 1 saturated carbocycles. The number of carboxylic acid groups (broad SMARTS) is 1. The van der Waals surface area contributed by atoms with E-state index in [0.717, 1.165) is 18.4 Å². The molecule has 16 heavy (non-hydrogen) atoms. The van der Waals surface area contributed by atoms with E-state index in [1.807, 2.05) is 19.9 Å². The Morgan fingerprint density at radius 2 is 2.12 bits per heavy atom. The van der Waals surface area contributed by atoms with E-state index >= 15 is 0 Å². The summed E-state index contributed by atoms with van der Waals surface area (Å²) in [6.07, 6.45) is 2.29. The Bertz CT molecular complexity index is 406. The molecule has 0 bridgehead atoms. The molecule has 1 fully saturated rings. The number of hydrogen-bond acceptors (Lipinski definition) is 2. The number of rotatable bonds is 4. The van der Waals surface area contributed by atoms with Gasteiger partial charge in [0.25, 0.3) is 0 Å². The van der Waals surface area contributed by atoms with Gasteiger partial charge >= 0.3 is 5.97 Å². The van der Waals surface area contributed by atoms with Gasteiger partial charge < -0.3 is 9.84 Å². The van der Waals surface area contributed by atoms with Gasteiger partial charge in [0.05, 0.1) is 6.10 Å². The van der Waals surface area contributed by atoms with E-state index in [9.17, 15) is 4.79 Å². The SMILES string of the molecule is CC(C)c1ccc(OC2CC2)c(C(=O)O)c1. The van der Waals surface area contributed by atoms with Gasteiger partial charge in [0.15, 0.2) is 0 Å². The minimum absolute atomic E-state index is 0.225. The quantitative estimate of drug-likeness (QED) is 0.848. The minimum atomic E-state index is -0.918. The normalized spacial score (nSPS) is 15.2. The molecule has 0 heterocycles. The zero-order chi connectivity index (χ0) is 11.7. The van der Waals surface area contributed by atoms with Gasteiger partial charge in [0, 0.05) is 0 Å². The molecule has 1 aliphatic carbocycles. The van der Waals surface area contributed by atoms with Crippen LogP contribution in [0, 0.1) is 0 Å². The molecule has 1 N–H and O–H groups in total. The van der Waals surface area contributed by atoms with Crippen LogP contribution < -0.4 is 4.74 Å². The summed E-state index contributed by atoms with van der Waals surface area (Å²) in [6, 6.07) is 5.43. The third-order valence-electron chi connectivity index (χ3n) is 2.72. The second-order valence-corrected chi connectivity index (χ2v) is 4.53. The maximum atomic E-state index is 11.1. The van der Waals surface area contributed by atoms with Crippen molar-refractivity contribution in [3.63, 3.8) is 0 Å². The van der Waals surface area contributed by atoms with E-state index < -0.39 is 5.97 Å². The monoisotopic (exact) mass is 220 g/mol. The highest BCUT2D eigenvalue weighted by Gasteiger charge is 2.25. The smallest absolute Gasteiger partial charge is 0.339 e. The van der Waals surface area contributed by atoms with Crippen molar-refractivity contribution >= 4 is 5.97 Å². The number of carbonyl (C=O) groups is 1. The molecule has 2 rings (SSSR count). The van der Waals surface area contributed by atoms with Crippen LogP contribution in [0.4, 0.5) is 0 Å². The molecule has 0 spiro atoms. The van der Waals surface area contributed by atoms with Gasteiger partial charge in [-0.05, 0) is 36.5 Å². The van der Waals surface area contributed by atoms with Crippen molar-refractivity contribution in [1.29, 1.82) is 0 Å². The van der Waals surface area contributed by atoms with Crippen LogP contribution in [0.15, 0.2) is 18.2 Å². The fraction of sp³-hybridized carbons (Fsp3) is 0.462. The third-order valence-corrected chi connectivity index (χ3v) is 2.72. The second kappa shape index (κ2) is 4.16. The lowest BCUT2D eigenvalue weighted by Crippen LogP contribution is -2.05. The molecule has 1 aromatic rings.